The second-order valence-corrected chi connectivity index (χ2v) is 14.0. The molecule has 10 aromatic rings. The topological polar surface area (TPSA) is 38.7 Å². The highest BCUT2D eigenvalue weighted by Crippen LogP contribution is 2.41. The molecule has 0 unspecified atom stereocenters. The molecule has 0 bridgehead atoms. The Balaban J connectivity index is 1.20. The van der Waals surface area contributed by atoms with Crippen molar-refractivity contribution in [2.45, 2.75) is 0 Å². The van der Waals surface area contributed by atoms with Gasteiger partial charge in [0.1, 0.15) is 0 Å². The molecular weight excluding hydrogens is 679 g/mol. The van der Waals surface area contributed by atoms with Crippen LogP contribution in [0.25, 0.3) is 100 Å². The highest BCUT2D eigenvalue weighted by Gasteiger charge is 2.19. The van der Waals surface area contributed by atoms with E-state index in [0.29, 0.717) is 5.82 Å². The van der Waals surface area contributed by atoms with Crippen molar-refractivity contribution in [3.8, 4) is 78.5 Å². The molecule has 0 fully saturated rings. The van der Waals surface area contributed by atoms with Crippen molar-refractivity contribution < 1.29 is 0 Å². The fourth-order valence-corrected chi connectivity index (χ4v) is 7.73. The zero-order chi connectivity index (χ0) is 37.3. The average molecular weight is 714 g/mol. The molecule has 0 aliphatic rings. The van der Waals surface area contributed by atoms with Crippen LogP contribution in [0, 0.1) is 0 Å². The van der Waals surface area contributed by atoms with Gasteiger partial charge in [0.2, 0.25) is 0 Å². The summed E-state index contributed by atoms with van der Waals surface area (Å²) >= 11 is 0. The van der Waals surface area contributed by atoms with Crippen LogP contribution in [0.5, 0.6) is 0 Å². The minimum atomic E-state index is 0.662. The second-order valence-electron chi connectivity index (χ2n) is 14.0. The third-order valence-electron chi connectivity index (χ3n) is 10.5. The van der Waals surface area contributed by atoms with Crippen LogP contribution in [-0.2, 0) is 0 Å². The third-order valence-corrected chi connectivity index (χ3v) is 10.5. The Morgan fingerprint density at radius 1 is 0.268 bits per heavy atom. The van der Waals surface area contributed by atoms with Gasteiger partial charge in [-0.1, -0.05) is 206 Å². The van der Waals surface area contributed by atoms with E-state index in [-0.39, 0.29) is 0 Å². The van der Waals surface area contributed by atoms with Crippen LogP contribution >= 0.6 is 0 Å². The van der Waals surface area contributed by atoms with Crippen molar-refractivity contribution in [2.75, 3.05) is 0 Å². The average Bonchev–Trinajstić information content (AvgIpc) is 3.29. The van der Waals surface area contributed by atoms with Gasteiger partial charge >= 0.3 is 0 Å². The van der Waals surface area contributed by atoms with Crippen LogP contribution in [0.4, 0.5) is 0 Å². The summed E-state index contributed by atoms with van der Waals surface area (Å²) in [6.07, 6.45) is 0. The van der Waals surface area contributed by atoms with Gasteiger partial charge in [0.25, 0.3) is 0 Å². The number of fused-ring (bicyclic) bond motifs is 3. The summed E-state index contributed by atoms with van der Waals surface area (Å²) < 4.78 is 0. The molecule has 0 amide bonds. The van der Waals surface area contributed by atoms with Gasteiger partial charge in [-0.25, -0.2) is 15.0 Å². The highest BCUT2D eigenvalue weighted by molar-refractivity contribution is 6.19. The first-order valence-corrected chi connectivity index (χ1v) is 18.9. The van der Waals surface area contributed by atoms with Crippen molar-refractivity contribution in [2.24, 2.45) is 0 Å². The van der Waals surface area contributed by atoms with E-state index in [1.54, 1.807) is 0 Å². The van der Waals surface area contributed by atoms with Crippen LogP contribution in [0.3, 0.4) is 0 Å². The van der Waals surface area contributed by atoms with E-state index in [9.17, 15) is 0 Å². The number of para-hydroxylation sites is 1. The molecule has 262 valence electrons. The molecule has 2 heterocycles. The minimum absolute atomic E-state index is 0.662. The molecule has 3 heteroatoms. The molecule has 10 rings (SSSR count). The third kappa shape index (κ3) is 6.21. The van der Waals surface area contributed by atoms with Crippen molar-refractivity contribution in [3.05, 3.63) is 212 Å². The van der Waals surface area contributed by atoms with Crippen LogP contribution in [0.1, 0.15) is 0 Å². The molecule has 0 aliphatic heterocycles. The largest absolute Gasteiger partial charge is 0.246 e. The quantitative estimate of drug-likeness (QED) is 0.154. The zero-order valence-corrected chi connectivity index (χ0v) is 30.5. The first-order chi connectivity index (χ1) is 27.8. The van der Waals surface area contributed by atoms with Gasteiger partial charge in [0.15, 0.2) is 5.82 Å². The van der Waals surface area contributed by atoms with E-state index >= 15 is 0 Å². The summed E-state index contributed by atoms with van der Waals surface area (Å²) in [4.78, 5) is 16.1. The van der Waals surface area contributed by atoms with Gasteiger partial charge < -0.3 is 0 Å². The van der Waals surface area contributed by atoms with Crippen LogP contribution in [0.2, 0.25) is 0 Å². The van der Waals surface area contributed by atoms with E-state index in [0.717, 1.165) is 66.8 Å². The highest BCUT2D eigenvalue weighted by atomic mass is 14.9. The molecule has 8 aromatic carbocycles. The van der Waals surface area contributed by atoms with Crippen molar-refractivity contribution in [3.63, 3.8) is 0 Å². The number of pyridine rings is 1. The van der Waals surface area contributed by atoms with Gasteiger partial charge in [0, 0.05) is 38.4 Å². The van der Waals surface area contributed by atoms with Crippen molar-refractivity contribution in [1.29, 1.82) is 0 Å². The molecule has 3 nitrogen and oxygen atoms in total. The Hall–Kier alpha value is -7.49. The minimum Gasteiger partial charge on any atom is -0.246 e. The van der Waals surface area contributed by atoms with Gasteiger partial charge in [0.05, 0.1) is 22.6 Å². The summed E-state index contributed by atoms with van der Waals surface area (Å²) in [6.45, 7) is 0. The maximum absolute atomic E-state index is 5.52. The fourth-order valence-electron chi connectivity index (χ4n) is 7.73. The van der Waals surface area contributed by atoms with E-state index in [2.05, 4.69) is 200 Å². The first-order valence-electron chi connectivity index (χ1n) is 18.9. The Morgan fingerprint density at radius 2 is 0.714 bits per heavy atom. The number of aromatic nitrogens is 3. The van der Waals surface area contributed by atoms with E-state index in [4.69, 9.17) is 15.0 Å². The van der Waals surface area contributed by atoms with E-state index < -0.39 is 0 Å². The number of hydrogen-bond donors (Lipinski definition) is 0. The predicted octanol–water partition coefficient (Wildman–Crippen LogP) is 13.8. The van der Waals surface area contributed by atoms with Gasteiger partial charge in [-0.3, -0.25) is 0 Å². The van der Waals surface area contributed by atoms with Crippen molar-refractivity contribution >= 4 is 21.7 Å². The molecule has 0 N–H and O–H groups in total. The summed E-state index contributed by atoms with van der Waals surface area (Å²) in [6, 6.07) is 74.4. The number of rotatable bonds is 7. The Labute approximate surface area is 326 Å². The fraction of sp³-hybridized carbons (Fsp3) is 0. The first kappa shape index (κ1) is 33.1. The van der Waals surface area contributed by atoms with Crippen LogP contribution < -0.4 is 0 Å². The molecule has 2 aromatic heterocycles. The monoisotopic (exact) mass is 713 g/mol. The molecule has 0 aliphatic carbocycles. The molecule has 0 atom stereocenters. The summed E-state index contributed by atoms with van der Waals surface area (Å²) in [5, 5.41) is 3.37. The second kappa shape index (κ2) is 14.4. The smallest absolute Gasteiger partial charge is 0.160 e. The van der Waals surface area contributed by atoms with E-state index in [1.165, 1.54) is 27.6 Å². The van der Waals surface area contributed by atoms with Gasteiger partial charge in [-0.05, 0) is 39.4 Å². The zero-order valence-electron chi connectivity index (χ0n) is 30.5. The number of nitrogens with zero attached hydrogens (tertiary/aromatic N) is 3. The SMILES string of the molecule is c1ccc(-c2ccc(-c3cc(-c4cccc5c4nc(-c4ccccc4)c4cccc(-c6ccccc6)c45)nc(-c4ccc(-c5ccccc5)cc4)n3)cc2)cc1. The number of hydrogen-bond acceptors (Lipinski definition) is 3. The maximum Gasteiger partial charge on any atom is 0.160 e. The lowest BCUT2D eigenvalue weighted by Crippen LogP contribution is -1.98. The molecule has 0 radical (unpaired) electrons. The summed E-state index contributed by atoms with van der Waals surface area (Å²) in [7, 11) is 0. The lowest BCUT2D eigenvalue weighted by Gasteiger charge is -2.16. The lowest BCUT2D eigenvalue weighted by atomic mass is 9.91. The van der Waals surface area contributed by atoms with Gasteiger partial charge in [-0.15, -0.1) is 0 Å². The normalized spacial score (nSPS) is 11.2. The van der Waals surface area contributed by atoms with Crippen molar-refractivity contribution in [1.82, 2.24) is 15.0 Å². The Kier molecular flexibility index (Phi) is 8.51. The maximum atomic E-state index is 5.52. The molecule has 0 spiro atoms. The lowest BCUT2D eigenvalue weighted by molar-refractivity contribution is 1.18. The van der Waals surface area contributed by atoms with Gasteiger partial charge in [-0.2, -0.15) is 0 Å². The standard InChI is InChI=1S/C53H35N3/c1-5-15-36(16-6-1)38-27-31-41(32-28-38)48-35-49(55-53(54-48)43-33-29-39(30-34-43)37-17-7-2-8-18-37)45-24-14-26-47-50-44(40-19-9-3-10-20-40)23-13-25-46(50)51(56-52(45)47)42-21-11-4-12-22-42/h1-35H. The molecule has 0 saturated carbocycles. The van der Waals surface area contributed by atoms with Crippen LogP contribution in [-0.4, -0.2) is 15.0 Å². The predicted molar refractivity (Wildman–Crippen MR) is 233 cm³/mol. The Morgan fingerprint density at radius 3 is 1.30 bits per heavy atom. The van der Waals surface area contributed by atoms with E-state index in [1.807, 2.05) is 12.1 Å². The molecule has 56 heavy (non-hydrogen) atoms. The summed E-state index contributed by atoms with van der Waals surface area (Å²) in [5.74, 6) is 0.662. The number of benzene rings is 8. The summed E-state index contributed by atoms with van der Waals surface area (Å²) in [5.41, 5.74) is 14.5. The Bertz CT molecular complexity index is 2860. The molecule has 0 saturated heterocycles. The molecular formula is C53H35N3. The van der Waals surface area contributed by atoms with Crippen LogP contribution in [0.15, 0.2) is 212 Å².